The summed E-state index contributed by atoms with van der Waals surface area (Å²) in [5.74, 6) is -0.373. The van der Waals surface area contributed by atoms with Crippen LogP contribution in [-0.2, 0) is 9.53 Å². The largest absolute Gasteiger partial charge is 0.478 e. The van der Waals surface area contributed by atoms with Crippen molar-refractivity contribution in [1.29, 1.82) is 0 Å². The van der Waals surface area contributed by atoms with Gasteiger partial charge in [-0.2, -0.15) is 0 Å². The van der Waals surface area contributed by atoms with Crippen LogP contribution in [0, 0.1) is 5.92 Å². The highest BCUT2D eigenvalue weighted by atomic mass is 16.5. The number of aliphatic hydroxyl groups excluding tert-OH is 2. The van der Waals surface area contributed by atoms with E-state index in [-0.39, 0.29) is 12.7 Å². The highest BCUT2D eigenvalue weighted by molar-refractivity contribution is 5.78. The Morgan fingerprint density at radius 1 is 1.40 bits per heavy atom. The van der Waals surface area contributed by atoms with Crippen molar-refractivity contribution in [2.75, 3.05) is 19.8 Å². The van der Waals surface area contributed by atoms with Gasteiger partial charge in [0.2, 0.25) is 0 Å². The average Bonchev–Trinajstić information content (AvgIpc) is 2.44. The molecule has 0 fully saturated rings. The van der Waals surface area contributed by atoms with Gasteiger partial charge in [0.05, 0.1) is 25.9 Å². The molecule has 0 saturated carbocycles. The van der Waals surface area contributed by atoms with E-state index in [1.165, 1.54) is 19.3 Å². The van der Waals surface area contributed by atoms with Gasteiger partial charge in [-0.15, -0.1) is 0 Å². The van der Waals surface area contributed by atoms with E-state index >= 15 is 0 Å². The monoisotopic (exact) mass is 290 g/mol. The summed E-state index contributed by atoms with van der Waals surface area (Å²) in [5, 5.41) is 25.8. The molecule has 0 aliphatic heterocycles. The molecule has 20 heavy (non-hydrogen) atoms. The van der Waals surface area contributed by atoms with Gasteiger partial charge in [0.25, 0.3) is 0 Å². The lowest BCUT2D eigenvalue weighted by molar-refractivity contribution is -0.131. The topological polar surface area (TPSA) is 87.0 Å². The maximum absolute atomic E-state index is 9.67. The van der Waals surface area contributed by atoms with E-state index in [1.807, 2.05) is 0 Å². The first-order valence-corrected chi connectivity index (χ1v) is 7.23. The van der Waals surface area contributed by atoms with Crippen molar-refractivity contribution in [1.82, 2.24) is 0 Å². The summed E-state index contributed by atoms with van der Waals surface area (Å²) in [4.78, 5) is 9.25. The lowest BCUT2D eigenvalue weighted by Gasteiger charge is -2.18. The minimum Gasteiger partial charge on any atom is -0.478 e. The number of hydrogen-bond donors (Lipinski definition) is 3. The number of hydrogen-bond acceptors (Lipinski definition) is 4. The third kappa shape index (κ3) is 17.1. The second kappa shape index (κ2) is 16.1. The van der Waals surface area contributed by atoms with Crippen LogP contribution in [0.3, 0.4) is 0 Å². The summed E-state index contributed by atoms with van der Waals surface area (Å²) >= 11 is 0. The predicted molar refractivity (Wildman–Crippen MR) is 79.7 cm³/mol. The van der Waals surface area contributed by atoms with Crippen molar-refractivity contribution in [3.8, 4) is 0 Å². The minimum atomic E-state index is -0.981. The second-order valence-corrected chi connectivity index (χ2v) is 4.65. The summed E-state index contributed by atoms with van der Waals surface area (Å²) in [5.41, 5.74) is 0. The van der Waals surface area contributed by atoms with Gasteiger partial charge in [-0.3, -0.25) is 0 Å². The molecular weight excluding hydrogens is 260 g/mol. The molecule has 0 saturated heterocycles. The van der Waals surface area contributed by atoms with Crippen molar-refractivity contribution >= 4 is 5.97 Å². The number of aliphatic hydroxyl groups is 2. The number of carboxylic acids is 1. The maximum Gasteiger partial charge on any atom is 0.327 e. The van der Waals surface area contributed by atoms with Crippen LogP contribution >= 0.6 is 0 Å². The molecule has 0 heterocycles. The predicted octanol–water partition coefficient (Wildman–Crippen LogP) is 2.22. The Hall–Kier alpha value is -0.910. The lowest BCUT2D eigenvalue weighted by Crippen LogP contribution is -2.20. The second-order valence-electron chi connectivity index (χ2n) is 4.65. The first kappa shape index (κ1) is 21.4. The van der Waals surface area contributed by atoms with Gasteiger partial charge in [-0.05, 0) is 12.3 Å². The van der Waals surface area contributed by atoms with E-state index in [4.69, 9.17) is 14.9 Å². The van der Waals surface area contributed by atoms with Crippen LogP contribution < -0.4 is 0 Å². The van der Waals surface area contributed by atoms with Crippen LogP contribution in [-0.4, -0.2) is 47.2 Å². The first-order chi connectivity index (χ1) is 9.51. The van der Waals surface area contributed by atoms with E-state index in [2.05, 4.69) is 20.4 Å². The Kier molecular flexibility index (Phi) is 17.3. The molecule has 0 radical (unpaired) electrons. The fourth-order valence-corrected chi connectivity index (χ4v) is 1.72. The molecule has 0 aliphatic rings. The molecule has 0 aliphatic carbocycles. The minimum absolute atomic E-state index is 0.0275. The number of rotatable bonds is 11. The number of ether oxygens (including phenoxy) is 1. The number of unbranched alkanes of at least 4 members (excludes halogenated alkanes) is 1. The van der Waals surface area contributed by atoms with Crippen LogP contribution in [0.4, 0.5) is 0 Å². The quantitative estimate of drug-likeness (QED) is 0.401. The van der Waals surface area contributed by atoms with Crippen LogP contribution in [0.2, 0.25) is 0 Å². The maximum atomic E-state index is 9.67. The molecule has 0 amide bonds. The molecule has 3 N–H and O–H groups in total. The number of carbonyl (C=O) groups is 1. The fourth-order valence-electron chi connectivity index (χ4n) is 1.72. The fraction of sp³-hybridized carbons (Fsp3) is 0.800. The van der Waals surface area contributed by atoms with Gasteiger partial charge in [0, 0.05) is 6.08 Å². The zero-order valence-corrected chi connectivity index (χ0v) is 12.8. The number of carboxylic acid groups (broad SMARTS) is 1. The standard InChI is InChI=1S/C12H26O3.C3H4O2/c1-3-5-6-11(4-2)9-12(14)10-15-8-7-13;1-2-3(4)5/h11-14H,3-10H2,1-2H3;2H,1H2,(H,4,5). The summed E-state index contributed by atoms with van der Waals surface area (Å²) in [6.07, 6.45) is 6.05. The summed E-state index contributed by atoms with van der Waals surface area (Å²) in [7, 11) is 0. The van der Waals surface area contributed by atoms with Gasteiger partial charge < -0.3 is 20.1 Å². The highest BCUT2D eigenvalue weighted by Gasteiger charge is 2.12. The van der Waals surface area contributed by atoms with E-state index in [0.29, 0.717) is 19.1 Å². The molecule has 0 bridgehead atoms. The van der Waals surface area contributed by atoms with Gasteiger partial charge >= 0.3 is 5.97 Å². The summed E-state index contributed by atoms with van der Waals surface area (Å²) in [6.45, 7) is 8.02. The summed E-state index contributed by atoms with van der Waals surface area (Å²) < 4.78 is 5.09. The van der Waals surface area contributed by atoms with E-state index in [0.717, 1.165) is 18.9 Å². The molecule has 0 rings (SSSR count). The van der Waals surface area contributed by atoms with Crippen LogP contribution in [0.5, 0.6) is 0 Å². The zero-order chi connectivity index (χ0) is 15.8. The molecule has 2 atom stereocenters. The normalized spacial score (nSPS) is 13.0. The molecule has 0 spiro atoms. The third-order valence-corrected chi connectivity index (χ3v) is 2.87. The SMILES string of the molecule is C=CC(=O)O.CCCCC(CC)CC(O)COCCO. The van der Waals surface area contributed by atoms with E-state index in [1.54, 1.807) is 0 Å². The van der Waals surface area contributed by atoms with Crippen molar-refractivity contribution in [3.05, 3.63) is 12.7 Å². The molecule has 5 heteroatoms. The van der Waals surface area contributed by atoms with Crippen molar-refractivity contribution in [2.24, 2.45) is 5.92 Å². The van der Waals surface area contributed by atoms with Gasteiger partial charge in [0.15, 0.2) is 0 Å². The average molecular weight is 290 g/mol. The Balaban J connectivity index is 0. The number of aliphatic carboxylic acids is 1. The Labute approximate surface area is 122 Å². The molecule has 0 aromatic carbocycles. The van der Waals surface area contributed by atoms with E-state index in [9.17, 15) is 9.90 Å². The van der Waals surface area contributed by atoms with E-state index < -0.39 is 5.97 Å². The van der Waals surface area contributed by atoms with Crippen molar-refractivity contribution < 1.29 is 24.9 Å². The van der Waals surface area contributed by atoms with Crippen molar-refractivity contribution in [3.63, 3.8) is 0 Å². The zero-order valence-electron chi connectivity index (χ0n) is 12.8. The van der Waals surface area contributed by atoms with Crippen molar-refractivity contribution in [2.45, 2.75) is 52.1 Å². The van der Waals surface area contributed by atoms with Crippen LogP contribution in [0.15, 0.2) is 12.7 Å². The first-order valence-electron chi connectivity index (χ1n) is 7.23. The molecule has 0 aromatic rings. The Morgan fingerprint density at radius 2 is 2.00 bits per heavy atom. The highest BCUT2D eigenvalue weighted by Crippen LogP contribution is 2.18. The van der Waals surface area contributed by atoms with Crippen LogP contribution in [0.1, 0.15) is 46.0 Å². The summed E-state index contributed by atoms with van der Waals surface area (Å²) in [6, 6.07) is 0. The Morgan fingerprint density at radius 3 is 2.40 bits per heavy atom. The molecule has 0 aromatic heterocycles. The molecule has 5 nitrogen and oxygen atoms in total. The van der Waals surface area contributed by atoms with Gasteiger partial charge in [0.1, 0.15) is 0 Å². The molecule has 120 valence electrons. The van der Waals surface area contributed by atoms with Crippen LogP contribution in [0.25, 0.3) is 0 Å². The molecular formula is C15H30O5. The molecule has 2 unspecified atom stereocenters. The Bertz CT molecular complexity index is 230. The van der Waals surface area contributed by atoms with Gasteiger partial charge in [-0.25, -0.2) is 4.79 Å². The smallest absolute Gasteiger partial charge is 0.327 e. The lowest BCUT2D eigenvalue weighted by atomic mass is 9.93. The third-order valence-electron chi connectivity index (χ3n) is 2.87. The van der Waals surface area contributed by atoms with Gasteiger partial charge in [-0.1, -0.05) is 46.1 Å².